The third kappa shape index (κ3) is 6.69. The van der Waals surface area contributed by atoms with Gasteiger partial charge in [-0.2, -0.15) is 0 Å². The first-order chi connectivity index (χ1) is 12.1. The lowest BCUT2D eigenvalue weighted by atomic mass is 9.69. The molecule has 0 spiro atoms. The molecule has 5 atom stereocenters. The lowest BCUT2D eigenvalue weighted by molar-refractivity contribution is -0.161. The molecule has 1 heterocycles. The molecular formula is C18H27N3O5. The maximum Gasteiger partial charge on any atom is 0.140 e. The van der Waals surface area contributed by atoms with E-state index in [1.165, 1.54) is 27.7 Å². The van der Waals surface area contributed by atoms with Crippen LogP contribution in [0.2, 0.25) is 0 Å². The van der Waals surface area contributed by atoms with E-state index in [-0.39, 0.29) is 60.7 Å². The molecule has 0 saturated carbocycles. The number of carbonyl (C=O) groups excluding carboxylic acids is 4. The Balaban J connectivity index is 3.28. The second kappa shape index (κ2) is 10.2. The summed E-state index contributed by atoms with van der Waals surface area (Å²) < 4.78 is 5.93. The lowest BCUT2D eigenvalue weighted by Crippen LogP contribution is -2.48. The summed E-state index contributed by atoms with van der Waals surface area (Å²) in [6.07, 6.45) is -0.252. The van der Waals surface area contributed by atoms with E-state index in [4.69, 9.17) is 10.3 Å². The van der Waals surface area contributed by atoms with Gasteiger partial charge < -0.3 is 23.9 Å². The van der Waals surface area contributed by atoms with Crippen molar-refractivity contribution in [1.82, 2.24) is 0 Å². The number of carbonyl (C=O) groups is 4. The fourth-order valence-electron chi connectivity index (χ4n) is 3.81. The third-order valence-corrected chi connectivity index (χ3v) is 4.77. The topological polar surface area (TPSA) is 126 Å². The molecule has 144 valence electrons. The molecule has 8 nitrogen and oxygen atoms in total. The van der Waals surface area contributed by atoms with Gasteiger partial charge in [0.2, 0.25) is 0 Å². The van der Waals surface area contributed by atoms with Crippen LogP contribution in [0.15, 0.2) is 5.11 Å². The first-order valence-electron chi connectivity index (χ1n) is 8.83. The van der Waals surface area contributed by atoms with E-state index in [0.29, 0.717) is 6.42 Å². The van der Waals surface area contributed by atoms with Crippen molar-refractivity contribution < 1.29 is 23.9 Å². The van der Waals surface area contributed by atoms with Gasteiger partial charge in [-0.05, 0) is 51.5 Å². The summed E-state index contributed by atoms with van der Waals surface area (Å²) in [6.45, 7) is 5.82. The predicted molar refractivity (Wildman–Crippen MR) is 94.1 cm³/mol. The zero-order valence-electron chi connectivity index (χ0n) is 15.8. The fourth-order valence-corrected chi connectivity index (χ4v) is 3.81. The maximum absolute atomic E-state index is 11.8. The number of nitrogens with zero attached hydrogens (tertiary/aromatic N) is 3. The van der Waals surface area contributed by atoms with Gasteiger partial charge in [-0.3, -0.25) is 0 Å². The number of Topliss-reactive ketones (excluding diaryl/α,β-unsaturated/α-hetero) is 4. The molecule has 1 aliphatic rings. The highest BCUT2D eigenvalue weighted by molar-refractivity contribution is 5.78. The third-order valence-electron chi connectivity index (χ3n) is 4.77. The van der Waals surface area contributed by atoms with E-state index in [1.54, 1.807) is 0 Å². The molecule has 0 amide bonds. The Labute approximate surface area is 153 Å². The molecule has 1 fully saturated rings. The summed E-state index contributed by atoms with van der Waals surface area (Å²) in [7, 11) is 0. The van der Waals surface area contributed by atoms with Crippen molar-refractivity contribution >= 4 is 23.1 Å². The molecule has 0 unspecified atom stereocenters. The second-order valence-electron chi connectivity index (χ2n) is 7.22. The van der Waals surface area contributed by atoms with Gasteiger partial charge >= 0.3 is 0 Å². The molecule has 0 radical (unpaired) electrons. The van der Waals surface area contributed by atoms with Crippen molar-refractivity contribution in [2.24, 2.45) is 22.9 Å². The van der Waals surface area contributed by atoms with Crippen LogP contribution >= 0.6 is 0 Å². The van der Waals surface area contributed by atoms with Gasteiger partial charge in [0, 0.05) is 36.5 Å². The smallest absolute Gasteiger partial charge is 0.140 e. The quantitative estimate of drug-likeness (QED) is 0.334. The Morgan fingerprint density at radius 3 is 1.81 bits per heavy atom. The molecule has 0 aromatic rings. The van der Waals surface area contributed by atoms with Crippen LogP contribution in [0.1, 0.15) is 59.8 Å². The largest absolute Gasteiger partial charge is 0.368 e. The van der Waals surface area contributed by atoms with Crippen molar-refractivity contribution in [3.63, 3.8) is 0 Å². The summed E-state index contributed by atoms with van der Waals surface area (Å²) in [5.74, 6) is -1.32. The van der Waals surface area contributed by atoms with E-state index in [9.17, 15) is 19.2 Å². The lowest BCUT2D eigenvalue weighted by Gasteiger charge is -2.46. The van der Waals surface area contributed by atoms with Gasteiger partial charge in [0.1, 0.15) is 29.4 Å². The van der Waals surface area contributed by atoms with Crippen LogP contribution < -0.4 is 0 Å². The Morgan fingerprint density at radius 2 is 1.35 bits per heavy atom. The Kier molecular flexibility index (Phi) is 8.61. The van der Waals surface area contributed by atoms with E-state index < -0.39 is 18.2 Å². The molecule has 1 saturated heterocycles. The summed E-state index contributed by atoms with van der Waals surface area (Å²) in [5, 5.41) is 3.69. The summed E-state index contributed by atoms with van der Waals surface area (Å²) in [5.41, 5.74) is 8.87. The van der Waals surface area contributed by atoms with Gasteiger partial charge in [0.25, 0.3) is 0 Å². The second-order valence-corrected chi connectivity index (χ2v) is 7.22. The molecule has 0 aromatic carbocycles. The standard InChI is InChI=1S/C18H27N3O5/c1-10(22)5-6-17-15(8-12(3)24)14(7-11(2)23)16(9-13(4)25)18(26-17)20-21-19/h14-18H,5-9H2,1-4H3/t14-,15+,16+,17+,18+/m0/s1. The average molecular weight is 365 g/mol. The van der Waals surface area contributed by atoms with Gasteiger partial charge in [-0.1, -0.05) is 5.11 Å². The van der Waals surface area contributed by atoms with Crippen LogP contribution in [-0.2, 0) is 23.9 Å². The minimum absolute atomic E-state index is 0.00973. The van der Waals surface area contributed by atoms with E-state index in [1.807, 2.05) is 0 Å². The minimum atomic E-state index is -0.895. The van der Waals surface area contributed by atoms with Crippen LogP contribution in [0.5, 0.6) is 0 Å². The minimum Gasteiger partial charge on any atom is -0.368 e. The van der Waals surface area contributed by atoms with Crippen LogP contribution in [0, 0.1) is 17.8 Å². The molecule has 1 aliphatic heterocycles. The highest BCUT2D eigenvalue weighted by Gasteiger charge is 2.46. The average Bonchev–Trinajstić information content (AvgIpc) is 2.50. The Hall–Kier alpha value is -2.05. The Bertz CT molecular complexity index is 612. The van der Waals surface area contributed by atoms with Gasteiger partial charge in [0.15, 0.2) is 0 Å². The molecule has 1 rings (SSSR count). The number of ether oxygens (including phenoxy) is 1. The maximum atomic E-state index is 11.8. The normalized spacial score (nSPS) is 28.1. The highest BCUT2D eigenvalue weighted by Crippen LogP contribution is 2.43. The molecule has 8 heteroatoms. The van der Waals surface area contributed by atoms with Crippen molar-refractivity contribution in [2.45, 2.75) is 72.1 Å². The van der Waals surface area contributed by atoms with Gasteiger partial charge in [-0.25, -0.2) is 0 Å². The van der Waals surface area contributed by atoms with Crippen LogP contribution in [0.3, 0.4) is 0 Å². The van der Waals surface area contributed by atoms with Crippen molar-refractivity contribution in [3.8, 4) is 0 Å². The van der Waals surface area contributed by atoms with E-state index >= 15 is 0 Å². The number of hydrogen-bond acceptors (Lipinski definition) is 6. The van der Waals surface area contributed by atoms with E-state index in [2.05, 4.69) is 10.0 Å². The summed E-state index contributed by atoms with van der Waals surface area (Å²) in [4.78, 5) is 49.6. The van der Waals surface area contributed by atoms with Gasteiger partial charge in [0.05, 0.1) is 6.10 Å². The van der Waals surface area contributed by atoms with Gasteiger partial charge in [-0.15, -0.1) is 0 Å². The Morgan fingerprint density at radius 1 is 0.846 bits per heavy atom. The van der Waals surface area contributed by atoms with E-state index in [0.717, 1.165) is 0 Å². The van der Waals surface area contributed by atoms with Crippen molar-refractivity contribution in [2.75, 3.05) is 0 Å². The summed E-state index contributed by atoms with van der Waals surface area (Å²) in [6, 6.07) is 0. The van der Waals surface area contributed by atoms with Crippen molar-refractivity contribution in [3.05, 3.63) is 10.4 Å². The monoisotopic (exact) mass is 365 g/mol. The zero-order valence-corrected chi connectivity index (χ0v) is 15.8. The number of ketones is 4. The number of hydrogen-bond donors (Lipinski definition) is 0. The molecule has 0 aromatic heterocycles. The molecule has 0 N–H and O–H groups in total. The van der Waals surface area contributed by atoms with Crippen LogP contribution in [0.25, 0.3) is 10.4 Å². The van der Waals surface area contributed by atoms with Crippen LogP contribution in [-0.4, -0.2) is 35.5 Å². The fraction of sp³-hybridized carbons (Fsp3) is 0.778. The molecular weight excluding hydrogens is 338 g/mol. The first-order valence-corrected chi connectivity index (χ1v) is 8.83. The SMILES string of the molecule is CC(=O)CC[C@H]1O[C@@H](N=[N+]=[N-])[C@H](CC(C)=O)[C@@H](CC(C)=O)[C@H]1CC(C)=O. The zero-order chi connectivity index (χ0) is 19.9. The van der Waals surface area contributed by atoms with Crippen molar-refractivity contribution in [1.29, 1.82) is 0 Å². The molecule has 0 bridgehead atoms. The van der Waals surface area contributed by atoms with Crippen LogP contribution in [0.4, 0.5) is 0 Å². The molecule has 26 heavy (non-hydrogen) atoms. The first kappa shape index (κ1) is 22.0. The predicted octanol–water partition coefficient (Wildman–Crippen LogP) is 3.18. The number of rotatable bonds is 10. The molecule has 0 aliphatic carbocycles. The highest BCUT2D eigenvalue weighted by atomic mass is 16.5. The summed E-state index contributed by atoms with van der Waals surface area (Å²) >= 11 is 0. The number of azide groups is 1.